The van der Waals surface area contributed by atoms with Crippen molar-refractivity contribution >= 4 is 23.2 Å². The van der Waals surface area contributed by atoms with E-state index >= 15 is 0 Å². The number of amides is 1. The smallest absolute Gasteiger partial charge is 0.257 e. The first-order valence-corrected chi connectivity index (χ1v) is 6.43. The van der Waals surface area contributed by atoms with Crippen LogP contribution in [0.4, 0.5) is 0 Å². The van der Waals surface area contributed by atoms with Crippen molar-refractivity contribution in [2.45, 2.75) is 18.6 Å². The molecular formula is C13H14N2O2S. The van der Waals surface area contributed by atoms with Crippen LogP contribution in [0.3, 0.4) is 0 Å². The highest BCUT2D eigenvalue weighted by atomic mass is 32.1. The predicted octanol–water partition coefficient (Wildman–Crippen LogP) is 1.17. The number of rotatable bonds is 1. The highest BCUT2D eigenvalue weighted by Gasteiger charge is 2.40. The summed E-state index contributed by atoms with van der Waals surface area (Å²) in [6.45, 7) is 1.50. The lowest BCUT2D eigenvalue weighted by Gasteiger charge is -2.29. The number of morpholine rings is 1. The third kappa shape index (κ3) is 2.11. The van der Waals surface area contributed by atoms with Crippen molar-refractivity contribution in [2.24, 2.45) is 0 Å². The third-order valence-corrected chi connectivity index (χ3v) is 3.75. The van der Waals surface area contributed by atoms with E-state index in [-0.39, 0.29) is 12.0 Å². The molecule has 1 amide bonds. The predicted molar refractivity (Wildman–Crippen MR) is 71.4 cm³/mol. The average Bonchev–Trinajstić information content (AvgIpc) is 3.02. The SMILES string of the molecule is O=C(NC(=S)N1C[C@@H]2C[C@H]1CO2)c1ccccc1. The number of nitrogens with zero attached hydrogens (tertiary/aromatic N) is 1. The summed E-state index contributed by atoms with van der Waals surface area (Å²) in [5.41, 5.74) is 0.625. The molecule has 18 heavy (non-hydrogen) atoms. The average molecular weight is 262 g/mol. The molecule has 0 spiro atoms. The molecule has 3 rings (SSSR count). The molecule has 2 heterocycles. The maximum absolute atomic E-state index is 12.0. The topological polar surface area (TPSA) is 41.6 Å². The van der Waals surface area contributed by atoms with Gasteiger partial charge in [-0.05, 0) is 30.8 Å². The van der Waals surface area contributed by atoms with Crippen LogP contribution in [0.5, 0.6) is 0 Å². The van der Waals surface area contributed by atoms with Gasteiger partial charge in [-0.25, -0.2) is 0 Å². The summed E-state index contributed by atoms with van der Waals surface area (Å²) in [4.78, 5) is 14.0. The van der Waals surface area contributed by atoms with Crippen molar-refractivity contribution in [3.8, 4) is 0 Å². The van der Waals surface area contributed by atoms with Gasteiger partial charge in [-0.15, -0.1) is 0 Å². The van der Waals surface area contributed by atoms with Crippen LogP contribution in [-0.4, -0.2) is 41.2 Å². The Balaban J connectivity index is 1.63. The summed E-state index contributed by atoms with van der Waals surface area (Å²) >= 11 is 5.29. The summed E-state index contributed by atoms with van der Waals surface area (Å²) < 4.78 is 5.51. The molecule has 0 unspecified atom stereocenters. The van der Waals surface area contributed by atoms with Crippen molar-refractivity contribution < 1.29 is 9.53 Å². The first-order valence-electron chi connectivity index (χ1n) is 6.02. The molecule has 1 N–H and O–H groups in total. The Morgan fingerprint density at radius 1 is 1.39 bits per heavy atom. The molecule has 0 radical (unpaired) electrons. The van der Waals surface area contributed by atoms with E-state index in [1.165, 1.54) is 0 Å². The minimum Gasteiger partial charge on any atom is -0.374 e. The van der Waals surface area contributed by atoms with Crippen LogP contribution >= 0.6 is 12.2 Å². The molecular weight excluding hydrogens is 248 g/mol. The van der Waals surface area contributed by atoms with Gasteiger partial charge in [0, 0.05) is 12.1 Å². The van der Waals surface area contributed by atoms with Gasteiger partial charge in [-0.2, -0.15) is 0 Å². The number of fused-ring (bicyclic) bond motifs is 2. The number of hydrogen-bond acceptors (Lipinski definition) is 3. The number of nitrogens with one attached hydrogen (secondary N) is 1. The van der Waals surface area contributed by atoms with Crippen LogP contribution in [0.1, 0.15) is 16.8 Å². The van der Waals surface area contributed by atoms with Gasteiger partial charge < -0.3 is 9.64 Å². The molecule has 2 bridgehead atoms. The molecule has 94 valence electrons. The molecule has 2 atom stereocenters. The zero-order valence-corrected chi connectivity index (χ0v) is 10.7. The second-order valence-corrected chi connectivity index (χ2v) is 5.01. The first-order chi connectivity index (χ1) is 8.74. The lowest BCUT2D eigenvalue weighted by atomic mass is 10.2. The summed E-state index contributed by atoms with van der Waals surface area (Å²) in [7, 11) is 0. The molecule has 1 aromatic carbocycles. The standard InChI is InChI=1S/C13H14N2O2S/c16-12(9-4-2-1-3-5-9)14-13(18)15-7-11-6-10(15)8-17-11/h1-5,10-11H,6-8H2,(H,14,16,18)/t10-,11-/m0/s1. The van der Waals surface area contributed by atoms with Gasteiger partial charge in [0.15, 0.2) is 5.11 Å². The summed E-state index contributed by atoms with van der Waals surface area (Å²) in [6, 6.07) is 9.44. The van der Waals surface area contributed by atoms with Crippen molar-refractivity contribution in [3.05, 3.63) is 35.9 Å². The lowest BCUT2D eigenvalue weighted by molar-refractivity contribution is 0.0560. The zero-order valence-electron chi connectivity index (χ0n) is 9.83. The van der Waals surface area contributed by atoms with Crippen LogP contribution in [-0.2, 0) is 4.74 Å². The van der Waals surface area contributed by atoms with E-state index < -0.39 is 0 Å². The number of thiocarbonyl (C=S) groups is 1. The van der Waals surface area contributed by atoms with Crippen LogP contribution in [0.25, 0.3) is 0 Å². The second kappa shape index (κ2) is 4.66. The van der Waals surface area contributed by atoms with Gasteiger partial charge in [0.25, 0.3) is 5.91 Å². The Bertz CT molecular complexity index is 477. The number of hydrogen-bond donors (Lipinski definition) is 1. The van der Waals surface area contributed by atoms with Crippen molar-refractivity contribution in [2.75, 3.05) is 13.2 Å². The highest BCUT2D eigenvalue weighted by molar-refractivity contribution is 7.80. The normalized spacial score (nSPS) is 25.2. The van der Waals surface area contributed by atoms with E-state index in [0.29, 0.717) is 23.3 Å². The summed E-state index contributed by atoms with van der Waals surface area (Å²) in [5.74, 6) is -0.149. The van der Waals surface area contributed by atoms with Gasteiger partial charge in [0.2, 0.25) is 0 Å². The lowest BCUT2D eigenvalue weighted by Crippen LogP contribution is -2.48. The minimum absolute atomic E-state index is 0.149. The van der Waals surface area contributed by atoms with E-state index in [1.807, 2.05) is 18.2 Å². The zero-order chi connectivity index (χ0) is 12.5. The quantitative estimate of drug-likeness (QED) is 0.772. The second-order valence-electron chi connectivity index (χ2n) is 4.62. The van der Waals surface area contributed by atoms with Crippen molar-refractivity contribution in [1.29, 1.82) is 0 Å². The maximum atomic E-state index is 12.0. The van der Waals surface area contributed by atoms with Gasteiger partial charge >= 0.3 is 0 Å². The fourth-order valence-corrected chi connectivity index (χ4v) is 2.80. The van der Waals surface area contributed by atoms with Gasteiger partial charge in [0.05, 0.1) is 18.8 Å². The van der Waals surface area contributed by atoms with Crippen LogP contribution in [0, 0.1) is 0 Å². The Hall–Kier alpha value is -1.46. The minimum atomic E-state index is -0.149. The monoisotopic (exact) mass is 262 g/mol. The Kier molecular flexibility index (Phi) is 3.01. The number of benzene rings is 1. The fourth-order valence-electron chi connectivity index (χ4n) is 2.48. The third-order valence-electron chi connectivity index (χ3n) is 3.42. The molecule has 0 aliphatic carbocycles. The molecule has 2 aliphatic heterocycles. The van der Waals surface area contributed by atoms with Crippen LogP contribution in [0.2, 0.25) is 0 Å². The molecule has 1 aromatic rings. The number of carbonyl (C=O) groups is 1. The summed E-state index contributed by atoms with van der Waals surface area (Å²) in [6.07, 6.45) is 1.29. The summed E-state index contributed by atoms with van der Waals surface area (Å²) in [5, 5.41) is 3.30. The van der Waals surface area contributed by atoms with E-state index in [1.54, 1.807) is 12.1 Å². The Morgan fingerprint density at radius 2 is 2.17 bits per heavy atom. The van der Waals surface area contributed by atoms with E-state index in [4.69, 9.17) is 17.0 Å². The maximum Gasteiger partial charge on any atom is 0.257 e. The molecule has 2 saturated heterocycles. The van der Waals surface area contributed by atoms with E-state index in [2.05, 4.69) is 10.2 Å². The molecule has 4 nitrogen and oxygen atoms in total. The molecule has 2 aliphatic rings. The van der Waals surface area contributed by atoms with Gasteiger partial charge in [-0.1, -0.05) is 18.2 Å². The first kappa shape index (κ1) is 11.6. The Labute approximate surface area is 111 Å². The number of likely N-dealkylation sites (tertiary alicyclic amines) is 1. The van der Waals surface area contributed by atoms with Crippen molar-refractivity contribution in [1.82, 2.24) is 10.2 Å². The number of ether oxygens (including phenoxy) is 1. The van der Waals surface area contributed by atoms with Crippen molar-refractivity contribution in [3.63, 3.8) is 0 Å². The molecule has 0 saturated carbocycles. The van der Waals surface area contributed by atoms with E-state index in [0.717, 1.165) is 13.0 Å². The molecule has 2 fully saturated rings. The largest absolute Gasteiger partial charge is 0.374 e. The fraction of sp³-hybridized carbons (Fsp3) is 0.385. The molecule has 5 heteroatoms. The van der Waals surface area contributed by atoms with E-state index in [9.17, 15) is 4.79 Å². The van der Waals surface area contributed by atoms with Crippen LogP contribution < -0.4 is 5.32 Å². The highest BCUT2D eigenvalue weighted by Crippen LogP contribution is 2.27. The Morgan fingerprint density at radius 3 is 2.78 bits per heavy atom. The number of carbonyl (C=O) groups excluding carboxylic acids is 1. The van der Waals surface area contributed by atoms with Crippen LogP contribution in [0.15, 0.2) is 30.3 Å². The van der Waals surface area contributed by atoms with Gasteiger partial charge in [0.1, 0.15) is 0 Å². The molecule has 0 aromatic heterocycles. The van der Waals surface area contributed by atoms with Gasteiger partial charge in [-0.3, -0.25) is 10.1 Å².